The number of anilines is 1. The predicted octanol–water partition coefficient (Wildman–Crippen LogP) is 2.57. The summed E-state index contributed by atoms with van der Waals surface area (Å²) in [6.45, 7) is 4.32. The fraction of sp³-hybridized carbons (Fsp3) is 0.556. The van der Waals surface area contributed by atoms with Gasteiger partial charge in [-0.3, -0.25) is 4.79 Å². The molecule has 0 bridgehead atoms. The van der Waals surface area contributed by atoms with Gasteiger partial charge in [0, 0.05) is 5.92 Å². The molecule has 2 atom stereocenters. The highest BCUT2D eigenvalue weighted by atomic mass is 16.5. The fourth-order valence-corrected chi connectivity index (χ4v) is 3.12. The second-order valence-electron chi connectivity index (χ2n) is 6.39. The van der Waals surface area contributed by atoms with Crippen LogP contribution < -0.4 is 15.8 Å². The normalized spacial score (nSPS) is 20.0. The van der Waals surface area contributed by atoms with Gasteiger partial charge in [0.05, 0.1) is 24.5 Å². The quantitative estimate of drug-likeness (QED) is 0.780. The summed E-state index contributed by atoms with van der Waals surface area (Å²) in [5, 5.41) is 2.91. The van der Waals surface area contributed by atoms with Crippen LogP contribution in [0.2, 0.25) is 0 Å². The largest absolute Gasteiger partial charge is 0.489 e. The van der Waals surface area contributed by atoms with E-state index in [1.54, 1.807) is 18.2 Å². The summed E-state index contributed by atoms with van der Waals surface area (Å²) < 4.78 is 10.5. The van der Waals surface area contributed by atoms with Gasteiger partial charge in [-0.25, -0.2) is 4.79 Å². The maximum Gasteiger partial charge on any atom is 0.337 e. The van der Waals surface area contributed by atoms with Crippen molar-refractivity contribution in [1.82, 2.24) is 0 Å². The van der Waals surface area contributed by atoms with Crippen LogP contribution in [0.5, 0.6) is 5.75 Å². The molecule has 0 spiro atoms. The van der Waals surface area contributed by atoms with E-state index in [0.29, 0.717) is 23.5 Å². The average Bonchev–Trinajstić information content (AvgIpc) is 3.04. The van der Waals surface area contributed by atoms with Crippen molar-refractivity contribution in [3.8, 4) is 5.75 Å². The molecule has 1 saturated carbocycles. The van der Waals surface area contributed by atoms with Gasteiger partial charge < -0.3 is 20.5 Å². The molecule has 1 aromatic carbocycles. The van der Waals surface area contributed by atoms with E-state index in [-0.39, 0.29) is 23.8 Å². The lowest BCUT2D eigenvalue weighted by molar-refractivity contribution is -0.120. The number of nitrogens with one attached hydrogen (secondary N) is 1. The van der Waals surface area contributed by atoms with Crippen LogP contribution >= 0.6 is 0 Å². The van der Waals surface area contributed by atoms with Crippen molar-refractivity contribution in [1.29, 1.82) is 0 Å². The molecule has 0 unspecified atom stereocenters. The molecule has 1 aliphatic carbocycles. The van der Waals surface area contributed by atoms with Crippen molar-refractivity contribution in [2.45, 2.75) is 39.2 Å². The Kier molecular flexibility index (Phi) is 6.20. The Hall–Kier alpha value is -2.08. The zero-order valence-corrected chi connectivity index (χ0v) is 14.5. The second kappa shape index (κ2) is 8.15. The maximum atomic E-state index is 12.6. The number of carbonyl (C=O) groups is 2. The SMILES string of the molecule is COC(=O)c1ccc(OC(C)C)c(NC(=O)[C@@H]2CCC[C@@H]2CN)c1. The number of nitrogens with two attached hydrogens (primary N) is 1. The van der Waals surface area contributed by atoms with E-state index in [1.165, 1.54) is 7.11 Å². The van der Waals surface area contributed by atoms with Crippen molar-refractivity contribution < 1.29 is 19.1 Å². The van der Waals surface area contributed by atoms with Gasteiger partial charge in [-0.2, -0.15) is 0 Å². The Morgan fingerprint density at radius 3 is 2.71 bits per heavy atom. The Labute approximate surface area is 142 Å². The fourth-order valence-electron chi connectivity index (χ4n) is 3.12. The summed E-state index contributed by atoms with van der Waals surface area (Å²) in [5.74, 6) is 0.126. The molecule has 1 amide bonds. The highest BCUT2D eigenvalue weighted by Crippen LogP contribution is 2.34. The Morgan fingerprint density at radius 1 is 1.33 bits per heavy atom. The number of hydrogen-bond donors (Lipinski definition) is 2. The Balaban J connectivity index is 2.24. The molecular formula is C18H26N2O4. The van der Waals surface area contributed by atoms with Gasteiger partial charge in [0.2, 0.25) is 5.91 Å². The van der Waals surface area contributed by atoms with Gasteiger partial charge in [-0.1, -0.05) is 6.42 Å². The van der Waals surface area contributed by atoms with Crippen LogP contribution in [-0.2, 0) is 9.53 Å². The van der Waals surface area contributed by atoms with Gasteiger partial charge in [-0.15, -0.1) is 0 Å². The minimum absolute atomic E-state index is 0.0482. The molecule has 0 radical (unpaired) electrons. The summed E-state index contributed by atoms with van der Waals surface area (Å²) in [6, 6.07) is 4.89. The molecule has 0 saturated heterocycles. The molecule has 2 rings (SSSR count). The van der Waals surface area contributed by atoms with Crippen LogP contribution in [0.25, 0.3) is 0 Å². The first kappa shape index (κ1) is 18.3. The molecule has 0 aliphatic heterocycles. The van der Waals surface area contributed by atoms with Crippen LogP contribution in [0.1, 0.15) is 43.5 Å². The molecule has 1 aliphatic rings. The first-order chi connectivity index (χ1) is 11.5. The van der Waals surface area contributed by atoms with Gasteiger partial charge >= 0.3 is 5.97 Å². The van der Waals surface area contributed by atoms with Crippen molar-refractivity contribution >= 4 is 17.6 Å². The zero-order valence-electron chi connectivity index (χ0n) is 14.5. The Morgan fingerprint density at radius 2 is 2.08 bits per heavy atom. The molecule has 6 nitrogen and oxygen atoms in total. The molecule has 1 aromatic rings. The molecular weight excluding hydrogens is 308 g/mol. The predicted molar refractivity (Wildman–Crippen MR) is 92.1 cm³/mol. The minimum atomic E-state index is -0.456. The van der Waals surface area contributed by atoms with E-state index in [9.17, 15) is 9.59 Å². The number of methoxy groups -OCH3 is 1. The summed E-state index contributed by atoms with van der Waals surface area (Å²) in [4.78, 5) is 24.4. The molecule has 132 valence electrons. The molecule has 3 N–H and O–H groups in total. The highest BCUT2D eigenvalue weighted by Gasteiger charge is 2.32. The average molecular weight is 334 g/mol. The van der Waals surface area contributed by atoms with E-state index >= 15 is 0 Å². The van der Waals surface area contributed by atoms with E-state index in [2.05, 4.69) is 5.32 Å². The number of hydrogen-bond acceptors (Lipinski definition) is 5. The van der Waals surface area contributed by atoms with E-state index in [0.717, 1.165) is 19.3 Å². The molecule has 0 aromatic heterocycles. The van der Waals surface area contributed by atoms with Crippen LogP contribution in [0.4, 0.5) is 5.69 Å². The lowest BCUT2D eigenvalue weighted by Gasteiger charge is -2.20. The number of esters is 1. The first-order valence-electron chi connectivity index (χ1n) is 8.36. The van der Waals surface area contributed by atoms with Crippen LogP contribution in [-0.4, -0.2) is 31.6 Å². The van der Waals surface area contributed by atoms with E-state index < -0.39 is 5.97 Å². The van der Waals surface area contributed by atoms with Crippen molar-refractivity contribution in [3.05, 3.63) is 23.8 Å². The van der Waals surface area contributed by atoms with Crippen LogP contribution in [0, 0.1) is 11.8 Å². The third kappa shape index (κ3) is 4.26. The third-order valence-corrected chi connectivity index (χ3v) is 4.32. The number of benzene rings is 1. The minimum Gasteiger partial charge on any atom is -0.489 e. The van der Waals surface area contributed by atoms with Crippen molar-refractivity contribution in [2.24, 2.45) is 17.6 Å². The second-order valence-corrected chi connectivity index (χ2v) is 6.39. The highest BCUT2D eigenvalue weighted by molar-refractivity contribution is 5.97. The van der Waals surface area contributed by atoms with Gasteiger partial charge in [0.15, 0.2) is 0 Å². The number of amides is 1. The number of ether oxygens (including phenoxy) is 2. The van der Waals surface area contributed by atoms with E-state index in [4.69, 9.17) is 15.2 Å². The molecule has 24 heavy (non-hydrogen) atoms. The van der Waals surface area contributed by atoms with Crippen molar-refractivity contribution in [3.63, 3.8) is 0 Å². The summed E-state index contributed by atoms with van der Waals surface area (Å²) in [5.41, 5.74) is 6.62. The monoisotopic (exact) mass is 334 g/mol. The van der Waals surface area contributed by atoms with Gasteiger partial charge in [0.25, 0.3) is 0 Å². The number of rotatable bonds is 6. The van der Waals surface area contributed by atoms with Crippen LogP contribution in [0.15, 0.2) is 18.2 Å². The third-order valence-electron chi connectivity index (χ3n) is 4.32. The Bertz CT molecular complexity index is 601. The molecule has 1 fully saturated rings. The standard InChI is InChI=1S/C18H26N2O4/c1-11(2)24-16-8-7-12(18(22)23-3)9-15(16)20-17(21)14-6-4-5-13(14)10-19/h7-9,11,13-14H,4-6,10,19H2,1-3H3,(H,20,21)/t13-,14-/m1/s1. The van der Waals surface area contributed by atoms with E-state index in [1.807, 2.05) is 13.8 Å². The topological polar surface area (TPSA) is 90.6 Å². The summed E-state index contributed by atoms with van der Waals surface area (Å²) in [6.07, 6.45) is 2.78. The van der Waals surface area contributed by atoms with Crippen LogP contribution in [0.3, 0.4) is 0 Å². The zero-order chi connectivity index (χ0) is 17.7. The lowest BCUT2D eigenvalue weighted by Crippen LogP contribution is -2.30. The molecule has 6 heteroatoms. The summed E-state index contributed by atoms with van der Waals surface area (Å²) in [7, 11) is 1.32. The molecule has 0 heterocycles. The summed E-state index contributed by atoms with van der Waals surface area (Å²) >= 11 is 0. The first-order valence-corrected chi connectivity index (χ1v) is 8.36. The van der Waals surface area contributed by atoms with Crippen molar-refractivity contribution in [2.75, 3.05) is 19.0 Å². The lowest BCUT2D eigenvalue weighted by atomic mass is 9.95. The van der Waals surface area contributed by atoms with Gasteiger partial charge in [-0.05, 0) is 57.4 Å². The maximum absolute atomic E-state index is 12.6. The number of carbonyl (C=O) groups excluding carboxylic acids is 2. The smallest absolute Gasteiger partial charge is 0.337 e. The van der Waals surface area contributed by atoms with Gasteiger partial charge in [0.1, 0.15) is 5.75 Å².